The van der Waals surface area contributed by atoms with E-state index in [1.165, 1.54) is 32.2 Å². The Kier molecular flexibility index (Phi) is 3.53. The first-order valence-electron chi connectivity index (χ1n) is 6.61. The minimum Gasteiger partial charge on any atom is -0.481 e. The van der Waals surface area contributed by atoms with Crippen molar-refractivity contribution in [1.82, 2.24) is 4.90 Å². The Morgan fingerprint density at radius 1 is 1.44 bits per heavy atom. The Morgan fingerprint density at radius 3 is 2.75 bits per heavy atom. The predicted octanol–water partition coefficient (Wildman–Crippen LogP) is 2.51. The van der Waals surface area contributed by atoms with E-state index in [0.717, 1.165) is 19.4 Å². The molecule has 0 radical (unpaired) electrons. The summed E-state index contributed by atoms with van der Waals surface area (Å²) in [4.78, 5) is 13.4. The van der Waals surface area contributed by atoms with Crippen LogP contribution in [0.4, 0.5) is 0 Å². The summed E-state index contributed by atoms with van der Waals surface area (Å²) in [6.07, 6.45) is 7.77. The minimum absolute atomic E-state index is 0.136. The van der Waals surface area contributed by atoms with Crippen molar-refractivity contribution >= 4 is 5.97 Å². The quantitative estimate of drug-likeness (QED) is 0.781. The van der Waals surface area contributed by atoms with E-state index in [1.807, 2.05) is 0 Å². The third-order valence-electron chi connectivity index (χ3n) is 4.24. The molecule has 16 heavy (non-hydrogen) atoms. The van der Waals surface area contributed by atoms with Crippen molar-refractivity contribution in [3.05, 3.63) is 0 Å². The van der Waals surface area contributed by atoms with E-state index in [1.54, 1.807) is 0 Å². The maximum atomic E-state index is 10.8. The smallest absolute Gasteiger partial charge is 0.303 e. The lowest BCUT2D eigenvalue weighted by Gasteiger charge is -2.37. The van der Waals surface area contributed by atoms with Crippen LogP contribution in [0.5, 0.6) is 0 Å². The molecule has 0 spiro atoms. The number of nitrogens with zero attached hydrogens (tertiary/aromatic N) is 1. The molecular formula is C13H23NO2. The normalized spacial score (nSPS) is 28.9. The maximum Gasteiger partial charge on any atom is 0.303 e. The number of aliphatic carboxylic acids is 1. The van der Waals surface area contributed by atoms with E-state index in [0.29, 0.717) is 12.5 Å². The Hall–Kier alpha value is -0.570. The van der Waals surface area contributed by atoms with Gasteiger partial charge in [-0.25, -0.2) is 0 Å². The summed E-state index contributed by atoms with van der Waals surface area (Å²) >= 11 is 0. The third-order valence-corrected chi connectivity index (χ3v) is 4.24. The molecule has 1 N–H and O–H groups in total. The van der Waals surface area contributed by atoms with Crippen LogP contribution in [0.2, 0.25) is 0 Å². The SMILES string of the molecule is CCC1CCCCN1CC1(CC(=O)O)CC1. The van der Waals surface area contributed by atoms with Gasteiger partial charge in [0.05, 0.1) is 6.42 Å². The van der Waals surface area contributed by atoms with Crippen LogP contribution in [0.1, 0.15) is 51.9 Å². The minimum atomic E-state index is -0.623. The molecule has 3 nitrogen and oxygen atoms in total. The molecule has 0 aromatic heterocycles. The molecule has 2 fully saturated rings. The van der Waals surface area contributed by atoms with E-state index >= 15 is 0 Å². The first-order valence-corrected chi connectivity index (χ1v) is 6.61. The molecular weight excluding hydrogens is 202 g/mol. The number of hydrogen-bond acceptors (Lipinski definition) is 2. The van der Waals surface area contributed by atoms with Gasteiger partial charge in [0.15, 0.2) is 0 Å². The van der Waals surface area contributed by atoms with E-state index in [9.17, 15) is 4.79 Å². The Balaban J connectivity index is 1.89. The molecule has 2 aliphatic rings. The highest BCUT2D eigenvalue weighted by molar-refractivity contribution is 5.68. The van der Waals surface area contributed by atoms with E-state index in [-0.39, 0.29) is 5.41 Å². The van der Waals surface area contributed by atoms with Gasteiger partial charge in [-0.1, -0.05) is 13.3 Å². The van der Waals surface area contributed by atoms with Gasteiger partial charge in [0.25, 0.3) is 0 Å². The largest absolute Gasteiger partial charge is 0.481 e. The van der Waals surface area contributed by atoms with Crippen LogP contribution in [-0.4, -0.2) is 35.1 Å². The second kappa shape index (κ2) is 4.74. The molecule has 0 aromatic rings. The molecule has 3 heteroatoms. The van der Waals surface area contributed by atoms with Crippen molar-refractivity contribution in [2.75, 3.05) is 13.1 Å². The lowest BCUT2D eigenvalue weighted by molar-refractivity contribution is -0.138. The molecule has 1 aliphatic heterocycles. The highest BCUT2D eigenvalue weighted by Gasteiger charge is 2.46. The van der Waals surface area contributed by atoms with Gasteiger partial charge in [0, 0.05) is 12.6 Å². The summed E-state index contributed by atoms with van der Waals surface area (Å²) in [6.45, 7) is 4.46. The molecule has 1 saturated heterocycles. The van der Waals surface area contributed by atoms with Gasteiger partial charge in [0.2, 0.25) is 0 Å². The Bertz CT molecular complexity index is 261. The van der Waals surface area contributed by atoms with Gasteiger partial charge in [-0.3, -0.25) is 9.69 Å². The van der Waals surface area contributed by atoms with Crippen LogP contribution in [0, 0.1) is 5.41 Å². The van der Waals surface area contributed by atoms with Gasteiger partial charge in [0.1, 0.15) is 0 Å². The van der Waals surface area contributed by atoms with Crippen molar-refractivity contribution < 1.29 is 9.90 Å². The lowest BCUT2D eigenvalue weighted by Crippen LogP contribution is -2.42. The molecule has 0 amide bonds. The van der Waals surface area contributed by atoms with Crippen molar-refractivity contribution in [3.8, 4) is 0 Å². The summed E-state index contributed by atoms with van der Waals surface area (Å²) in [5, 5.41) is 8.92. The van der Waals surface area contributed by atoms with E-state index in [2.05, 4.69) is 11.8 Å². The summed E-state index contributed by atoms with van der Waals surface area (Å²) in [6, 6.07) is 0.708. The zero-order valence-electron chi connectivity index (χ0n) is 10.2. The average molecular weight is 225 g/mol. The molecule has 1 atom stereocenters. The number of carbonyl (C=O) groups is 1. The second-order valence-corrected chi connectivity index (χ2v) is 5.60. The number of rotatable bonds is 5. The van der Waals surface area contributed by atoms with Gasteiger partial charge < -0.3 is 5.11 Å². The molecule has 1 aliphatic carbocycles. The Morgan fingerprint density at radius 2 is 2.19 bits per heavy atom. The second-order valence-electron chi connectivity index (χ2n) is 5.60. The standard InChI is InChI=1S/C13H23NO2/c1-2-11-5-3-4-8-14(11)10-13(6-7-13)9-12(15)16/h11H,2-10H2,1H3,(H,15,16). The topological polar surface area (TPSA) is 40.5 Å². The number of carboxylic acid groups (broad SMARTS) is 1. The summed E-state index contributed by atoms with van der Waals surface area (Å²) in [7, 11) is 0. The zero-order chi connectivity index (χ0) is 11.6. The highest BCUT2D eigenvalue weighted by Crippen LogP contribution is 2.50. The summed E-state index contributed by atoms with van der Waals surface area (Å²) in [5.41, 5.74) is 0.136. The van der Waals surface area contributed by atoms with Crippen LogP contribution in [0.15, 0.2) is 0 Å². The maximum absolute atomic E-state index is 10.8. The van der Waals surface area contributed by atoms with Crippen molar-refractivity contribution in [3.63, 3.8) is 0 Å². The predicted molar refractivity (Wildman–Crippen MR) is 63.4 cm³/mol. The van der Waals surface area contributed by atoms with Crippen LogP contribution in [0.25, 0.3) is 0 Å². The highest BCUT2D eigenvalue weighted by atomic mass is 16.4. The molecule has 1 heterocycles. The number of likely N-dealkylation sites (tertiary alicyclic amines) is 1. The average Bonchev–Trinajstić information content (AvgIpc) is 2.97. The number of piperidine rings is 1. The monoisotopic (exact) mass is 225 g/mol. The van der Waals surface area contributed by atoms with E-state index < -0.39 is 5.97 Å². The van der Waals surface area contributed by atoms with Gasteiger partial charge >= 0.3 is 5.97 Å². The molecule has 1 saturated carbocycles. The van der Waals surface area contributed by atoms with Crippen molar-refractivity contribution in [2.24, 2.45) is 5.41 Å². The fourth-order valence-corrected chi connectivity index (χ4v) is 3.05. The zero-order valence-corrected chi connectivity index (χ0v) is 10.2. The first kappa shape index (κ1) is 11.9. The Labute approximate surface area is 97.8 Å². The third kappa shape index (κ3) is 2.76. The van der Waals surface area contributed by atoms with Crippen LogP contribution in [0.3, 0.4) is 0 Å². The summed E-state index contributed by atoms with van der Waals surface area (Å²) < 4.78 is 0. The van der Waals surface area contributed by atoms with E-state index in [4.69, 9.17) is 5.11 Å². The molecule has 92 valence electrons. The first-order chi connectivity index (χ1) is 7.65. The molecule has 2 rings (SSSR count). The molecule has 1 unspecified atom stereocenters. The lowest BCUT2D eigenvalue weighted by atomic mass is 9.95. The van der Waals surface area contributed by atoms with Crippen LogP contribution < -0.4 is 0 Å². The molecule has 0 bridgehead atoms. The fraction of sp³-hybridized carbons (Fsp3) is 0.923. The number of hydrogen-bond donors (Lipinski definition) is 1. The van der Waals surface area contributed by atoms with Crippen molar-refractivity contribution in [2.45, 2.75) is 57.9 Å². The number of carboxylic acids is 1. The molecule has 0 aromatic carbocycles. The van der Waals surface area contributed by atoms with Gasteiger partial charge in [-0.2, -0.15) is 0 Å². The fourth-order valence-electron chi connectivity index (χ4n) is 3.05. The van der Waals surface area contributed by atoms with Gasteiger partial charge in [-0.05, 0) is 44.1 Å². The van der Waals surface area contributed by atoms with Gasteiger partial charge in [-0.15, -0.1) is 0 Å². The van der Waals surface area contributed by atoms with Crippen molar-refractivity contribution in [1.29, 1.82) is 0 Å². The van der Waals surface area contributed by atoms with Crippen LogP contribution in [-0.2, 0) is 4.79 Å². The summed E-state index contributed by atoms with van der Waals surface area (Å²) in [5.74, 6) is -0.623. The van der Waals surface area contributed by atoms with Crippen LogP contribution >= 0.6 is 0 Å².